The van der Waals surface area contributed by atoms with Gasteiger partial charge in [0.15, 0.2) is 0 Å². The molecule has 3 N–H and O–H groups in total. The largest absolute Gasteiger partial charge is 0.495 e. The van der Waals surface area contributed by atoms with Gasteiger partial charge in [0.05, 0.1) is 12.8 Å². The van der Waals surface area contributed by atoms with E-state index in [1.54, 1.807) is 13.2 Å². The van der Waals surface area contributed by atoms with Crippen LogP contribution in [-0.2, 0) is 4.79 Å². The molecule has 21 heavy (non-hydrogen) atoms. The van der Waals surface area contributed by atoms with Gasteiger partial charge in [-0.2, -0.15) is 0 Å². The number of aryl methyl sites for hydroxylation is 1. The quantitative estimate of drug-likeness (QED) is 0.751. The fourth-order valence-corrected chi connectivity index (χ4v) is 1.75. The summed E-state index contributed by atoms with van der Waals surface area (Å²) in [5, 5.41) is 8.09. The number of nitrogens with one attached hydrogen (secondary N) is 3. The first-order valence-corrected chi connectivity index (χ1v) is 6.91. The summed E-state index contributed by atoms with van der Waals surface area (Å²) in [4.78, 5) is 23.2. The van der Waals surface area contributed by atoms with Crippen LogP contribution in [-0.4, -0.2) is 31.6 Å². The molecule has 6 nitrogen and oxygen atoms in total. The number of methoxy groups -OCH3 is 1. The fourth-order valence-electron chi connectivity index (χ4n) is 1.75. The second-order valence-corrected chi connectivity index (χ2v) is 5.06. The van der Waals surface area contributed by atoms with E-state index >= 15 is 0 Å². The monoisotopic (exact) mass is 293 g/mol. The van der Waals surface area contributed by atoms with Crippen molar-refractivity contribution in [2.24, 2.45) is 0 Å². The van der Waals surface area contributed by atoms with Gasteiger partial charge in [0.25, 0.3) is 0 Å². The first-order valence-electron chi connectivity index (χ1n) is 6.91. The highest BCUT2D eigenvalue weighted by atomic mass is 16.5. The molecule has 0 fully saturated rings. The van der Waals surface area contributed by atoms with E-state index in [4.69, 9.17) is 4.74 Å². The number of hydrogen-bond donors (Lipinski definition) is 3. The number of rotatable bonds is 6. The molecule has 0 saturated heterocycles. The Bertz CT molecular complexity index is 501. The molecular weight excluding hydrogens is 270 g/mol. The predicted molar refractivity (Wildman–Crippen MR) is 82.6 cm³/mol. The summed E-state index contributed by atoms with van der Waals surface area (Å²) in [6.07, 6.45) is 0.247. The highest BCUT2D eigenvalue weighted by Gasteiger charge is 2.08. The highest BCUT2D eigenvalue weighted by molar-refractivity contribution is 5.91. The lowest BCUT2D eigenvalue weighted by Crippen LogP contribution is -2.35. The van der Waals surface area contributed by atoms with Gasteiger partial charge in [-0.15, -0.1) is 0 Å². The minimum absolute atomic E-state index is 0.0850. The van der Waals surface area contributed by atoms with Crippen LogP contribution in [0.3, 0.4) is 0 Å². The molecule has 6 heteroatoms. The van der Waals surface area contributed by atoms with E-state index in [1.807, 2.05) is 32.9 Å². The minimum atomic E-state index is -0.366. The zero-order valence-electron chi connectivity index (χ0n) is 12.9. The first-order chi connectivity index (χ1) is 9.92. The maximum Gasteiger partial charge on any atom is 0.319 e. The summed E-state index contributed by atoms with van der Waals surface area (Å²) in [5.41, 5.74) is 1.63. The summed E-state index contributed by atoms with van der Waals surface area (Å²) in [6.45, 7) is 6.00. The lowest BCUT2D eigenvalue weighted by atomic mass is 10.2. The van der Waals surface area contributed by atoms with Gasteiger partial charge in [-0.25, -0.2) is 4.79 Å². The third-order valence-corrected chi connectivity index (χ3v) is 2.69. The van der Waals surface area contributed by atoms with Crippen LogP contribution in [0.5, 0.6) is 5.75 Å². The van der Waals surface area contributed by atoms with E-state index in [9.17, 15) is 9.59 Å². The van der Waals surface area contributed by atoms with Crippen LogP contribution in [0.25, 0.3) is 0 Å². The summed E-state index contributed by atoms with van der Waals surface area (Å²) in [5.74, 6) is 0.515. The molecule has 0 saturated carbocycles. The molecule has 1 rings (SSSR count). The molecular formula is C15H23N3O3. The van der Waals surface area contributed by atoms with E-state index < -0.39 is 0 Å². The van der Waals surface area contributed by atoms with Crippen LogP contribution in [0.15, 0.2) is 18.2 Å². The van der Waals surface area contributed by atoms with Gasteiger partial charge in [-0.1, -0.05) is 6.07 Å². The number of urea groups is 1. The summed E-state index contributed by atoms with van der Waals surface area (Å²) in [6, 6.07) is 5.23. The van der Waals surface area contributed by atoms with Crippen molar-refractivity contribution in [3.63, 3.8) is 0 Å². The van der Waals surface area contributed by atoms with Crippen molar-refractivity contribution in [2.75, 3.05) is 19.0 Å². The van der Waals surface area contributed by atoms with Gasteiger partial charge in [-0.05, 0) is 38.5 Å². The second-order valence-electron chi connectivity index (χ2n) is 5.06. The number of ether oxygens (including phenoxy) is 1. The smallest absolute Gasteiger partial charge is 0.319 e. The third-order valence-electron chi connectivity index (χ3n) is 2.69. The lowest BCUT2D eigenvalue weighted by Gasteiger charge is -2.12. The van der Waals surface area contributed by atoms with Gasteiger partial charge in [0.2, 0.25) is 5.91 Å². The molecule has 0 heterocycles. The number of anilines is 1. The molecule has 0 aliphatic carbocycles. The summed E-state index contributed by atoms with van der Waals surface area (Å²) >= 11 is 0. The van der Waals surface area contributed by atoms with Crippen molar-refractivity contribution in [1.82, 2.24) is 10.6 Å². The molecule has 0 bridgehead atoms. The molecule has 0 spiro atoms. The predicted octanol–water partition coefficient (Wildman–Crippen LogP) is 2.04. The molecule has 116 valence electrons. The molecule has 1 aromatic carbocycles. The number of hydrogen-bond acceptors (Lipinski definition) is 3. The van der Waals surface area contributed by atoms with E-state index in [1.165, 1.54) is 0 Å². The maximum atomic E-state index is 11.8. The van der Waals surface area contributed by atoms with Crippen molar-refractivity contribution >= 4 is 17.6 Å². The van der Waals surface area contributed by atoms with E-state index in [0.29, 0.717) is 11.4 Å². The van der Waals surface area contributed by atoms with Crippen LogP contribution in [0.4, 0.5) is 10.5 Å². The Hall–Kier alpha value is -2.24. The maximum absolute atomic E-state index is 11.8. The summed E-state index contributed by atoms with van der Waals surface area (Å²) < 4.78 is 5.21. The van der Waals surface area contributed by atoms with Gasteiger partial charge in [0, 0.05) is 19.0 Å². The molecule has 0 aromatic heterocycles. The van der Waals surface area contributed by atoms with Crippen molar-refractivity contribution in [1.29, 1.82) is 0 Å². The second kappa shape index (κ2) is 8.14. The van der Waals surface area contributed by atoms with E-state index in [-0.39, 0.29) is 30.9 Å². The Balaban J connectivity index is 2.42. The number of carbonyl (C=O) groups excluding carboxylic acids is 2. The average molecular weight is 293 g/mol. The third kappa shape index (κ3) is 6.16. The molecule has 0 atom stereocenters. The Morgan fingerprint density at radius 3 is 2.62 bits per heavy atom. The average Bonchev–Trinajstić information content (AvgIpc) is 2.39. The van der Waals surface area contributed by atoms with Gasteiger partial charge in [0.1, 0.15) is 5.75 Å². The van der Waals surface area contributed by atoms with Crippen LogP contribution in [0.1, 0.15) is 25.8 Å². The first kappa shape index (κ1) is 16.8. The topological polar surface area (TPSA) is 79.5 Å². The molecule has 3 amide bonds. The van der Waals surface area contributed by atoms with Crippen LogP contribution in [0.2, 0.25) is 0 Å². The Morgan fingerprint density at radius 2 is 2.00 bits per heavy atom. The van der Waals surface area contributed by atoms with Crippen molar-refractivity contribution in [3.8, 4) is 5.75 Å². The zero-order chi connectivity index (χ0) is 15.8. The fraction of sp³-hybridized carbons (Fsp3) is 0.467. The van der Waals surface area contributed by atoms with Crippen molar-refractivity contribution < 1.29 is 14.3 Å². The van der Waals surface area contributed by atoms with E-state index in [2.05, 4.69) is 16.0 Å². The molecule has 0 aliphatic rings. The zero-order valence-corrected chi connectivity index (χ0v) is 12.9. The number of amides is 3. The van der Waals surface area contributed by atoms with Gasteiger partial charge in [-0.3, -0.25) is 4.79 Å². The molecule has 0 radical (unpaired) electrons. The molecule has 1 aromatic rings. The molecule has 0 unspecified atom stereocenters. The minimum Gasteiger partial charge on any atom is -0.495 e. The Labute approximate surface area is 125 Å². The van der Waals surface area contributed by atoms with Crippen molar-refractivity contribution in [2.45, 2.75) is 33.2 Å². The molecule has 0 aliphatic heterocycles. The van der Waals surface area contributed by atoms with Crippen LogP contribution in [0, 0.1) is 6.92 Å². The van der Waals surface area contributed by atoms with Crippen LogP contribution < -0.4 is 20.7 Å². The number of carbonyl (C=O) groups is 2. The highest BCUT2D eigenvalue weighted by Crippen LogP contribution is 2.24. The van der Waals surface area contributed by atoms with Crippen molar-refractivity contribution in [3.05, 3.63) is 23.8 Å². The number of benzene rings is 1. The SMILES string of the molecule is COc1cc(C)ccc1NC(=O)NCCC(=O)NC(C)C. The Morgan fingerprint density at radius 1 is 1.29 bits per heavy atom. The summed E-state index contributed by atoms with van der Waals surface area (Å²) in [7, 11) is 1.55. The van der Waals surface area contributed by atoms with Crippen LogP contribution >= 0.6 is 0 Å². The Kier molecular flexibility index (Phi) is 6.52. The normalized spacial score (nSPS) is 10.1. The van der Waals surface area contributed by atoms with E-state index in [0.717, 1.165) is 5.56 Å². The lowest BCUT2D eigenvalue weighted by molar-refractivity contribution is -0.121. The standard InChI is InChI=1S/C15H23N3O3/c1-10(2)17-14(19)7-8-16-15(20)18-12-6-5-11(3)9-13(12)21-4/h5-6,9-10H,7-8H2,1-4H3,(H,17,19)(H2,16,18,20). The van der Waals surface area contributed by atoms with Gasteiger partial charge >= 0.3 is 6.03 Å². The van der Waals surface area contributed by atoms with Gasteiger partial charge < -0.3 is 20.7 Å².